The topological polar surface area (TPSA) is 15.3 Å². The predicted octanol–water partition coefficient (Wildman–Crippen LogP) is 6.44. The third-order valence-electron chi connectivity index (χ3n) is 6.76. The Bertz CT molecular complexity index is 968. The van der Waals surface area contributed by atoms with Gasteiger partial charge in [0.05, 0.1) is 0 Å². The number of halogens is 2. The molecule has 3 fully saturated rings. The van der Waals surface area contributed by atoms with Crippen LogP contribution in [-0.4, -0.2) is 30.1 Å². The van der Waals surface area contributed by atoms with Crippen LogP contribution in [0.2, 0.25) is 10.0 Å². The van der Waals surface area contributed by atoms with E-state index in [0.717, 1.165) is 11.6 Å². The fourth-order valence-electron chi connectivity index (χ4n) is 5.39. The fourth-order valence-corrected chi connectivity index (χ4v) is 6.58. The van der Waals surface area contributed by atoms with Crippen molar-refractivity contribution < 1.29 is 0 Å². The van der Waals surface area contributed by atoms with E-state index in [1.807, 2.05) is 23.5 Å². The molecule has 3 aliphatic rings. The number of nitrogens with zero attached hydrogens (tertiary/aromatic N) is 1. The molecule has 30 heavy (non-hydrogen) atoms. The van der Waals surface area contributed by atoms with Crippen LogP contribution in [0.3, 0.4) is 0 Å². The maximum Gasteiger partial charge on any atom is 0.0459 e. The van der Waals surface area contributed by atoms with Crippen LogP contribution in [0, 0.1) is 5.92 Å². The van der Waals surface area contributed by atoms with E-state index in [2.05, 4.69) is 64.1 Å². The van der Waals surface area contributed by atoms with Crippen molar-refractivity contribution >= 4 is 34.5 Å². The number of piperidine rings is 3. The summed E-state index contributed by atoms with van der Waals surface area (Å²) in [7, 11) is 0. The highest BCUT2D eigenvalue weighted by atomic mass is 35.5. The Morgan fingerprint density at radius 1 is 1.00 bits per heavy atom. The maximum atomic E-state index is 6.78. The van der Waals surface area contributed by atoms with Crippen molar-refractivity contribution in [3.05, 3.63) is 92.1 Å². The number of nitrogens with one attached hydrogen (secondary N) is 1. The van der Waals surface area contributed by atoms with E-state index in [-0.39, 0.29) is 5.92 Å². The van der Waals surface area contributed by atoms with Gasteiger partial charge in [-0.25, -0.2) is 0 Å². The molecule has 3 aliphatic heterocycles. The van der Waals surface area contributed by atoms with Crippen LogP contribution in [0.25, 0.3) is 0 Å². The number of benzene rings is 2. The highest BCUT2D eigenvalue weighted by Crippen LogP contribution is 2.44. The zero-order valence-electron chi connectivity index (χ0n) is 16.8. The lowest BCUT2D eigenvalue weighted by Gasteiger charge is -2.54. The molecule has 0 saturated carbocycles. The second-order valence-corrected chi connectivity index (χ2v) is 10.3. The third-order valence-corrected chi connectivity index (χ3v) is 8.20. The Hall–Kier alpha value is -1.36. The van der Waals surface area contributed by atoms with Crippen LogP contribution in [0.15, 0.2) is 66.0 Å². The first-order chi connectivity index (χ1) is 14.7. The van der Waals surface area contributed by atoms with Crippen LogP contribution < -0.4 is 5.32 Å². The Morgan fingerprint density at radius 3 is 2.50 bits per heavy atom. The number of hydrogen-bond donors (Lipinski definition) is 1. The van der Waals surface area contributed by atoms with E-state index < -0.39 is 0 Å². The first-order valence-electron chi connectivity index (χ1n) is 10.7. The molecule has 1 aromatic heterocycles. The summed E-state index contributed by atoms with van der Waals surface area (Å²) in [6.07, 6.45) is 2.54. The summed E-state index contributed by atoms with van der Waals surface area (Å²) < 4.78 is 0. The predicted molar refractivity (Wildman–Crippen MR) is 128 cm³/mol. The molecule has 3 saturated heterocycles. The second-order valence-electron chi connectivity index (χ2n) is 8.40. The summed E-state index contributed by atoms with van der Waals surface area (Å²) in [6.45, 7) is 3.27. The second kappa shape index (κ2) is 9.02. The van der Waals surface area contributed by atoms with Gasteiger partial charge in [0.15, 0.2) is 0 Å². The van der Waals surface area contributed by atoms with Crippen LogP contribution in [-0.2, 0) is 6.54 Å². The van der Waals surface area contributed by atoms with Gasteiger partial charge in [0.1, 0.15) is 0 Å². The van der Waals surface area contributed by atoms with Gasteiger partial charge in [-0.2, -0.15) is 0 Å². The number of hydrogen-bond acceptors (Lipinski definition) is 3. The lowest BCUT2D eigenvalue weighted by molar-refractivity contribution is 0.00479. The van der Waals surface area contributed by atoms with E-state index in [9.17, 15) is 0 Å². The van der Waals surface area contributed by atoms with Crippen molar-refractivity contribution in [2.45, 2.75) is 37.4 Å². The van der Waals surface area contributed by atoms with Gasteiger partial charge in [0.2, 0.25) is 0 Å². The molecule has 5 heteroatoms. The van der Waals surface area contributed by atoms with Crippen molar-refractivity contribution in [1.82, 2.24) is 10.2 Å². The summed E-state index contributed by atoms with van der Waals surface area (Å²) in [5, 5.41) is 7.56. The normalized spacial score (nSPS) is 26.6. The van der Waals surface area contributed by atoms with Crippen molar-refractivity contribution in [3.63, 3.8) is 0 Å². The Labute approximate surface area is 192 Å². The maximum absolute atomic E-state index is 6.78. The van der Waals surface area contributed by atoms with E-state index in [0.29, 0.717) is 23.0 Å². The van der Waals surface area contributed by atoms with E-state index in [4.69, 9.17) is 23.2 Å². The molecule has 3 atom stereocenters. The summed E-state index contributed by atoms with van der Waals surface area (Å²) in [5.74, 6) is 0.914. The van der Waals surface area contributed by atoms with E-state index in [1.54, 1.807) is 0 Å². The van der Waals surface area contributed by atoms with Crippen LogP contribution >= 0.6 is 34.5 Å². The lowest BCUT2D eigenvalue weighted by atomic mass is 9.70. The summed E-state index contributed by atoms with van der Waals surface area (Å²) in [5.41, 5.74) is 2.50. The molecule has 0 amide bonds. The minimum absolute atomic E-state index is 0.208. The quantitative estimate of drug-likeness (QED) is 0.458. The molecule has 3 unspecified atom stereocenters. The first kappa shape index (κ1) is 20.5. The summed E-state index contributed by atoms with van der Waals surface area (Å²) >= 11 is 14.9. The van der Waals surface area contributed by atoms with E-state index >= 15 is 0 Å². The highest BCUT2D eigenvalue weighted by molar-refractivity contribution is 7.09. The SMILES string of the molecule is Clc1ccc(C(c2ccccc2)C2C(NCc3cccs3)C3CCN2CC3)c(Cl)c1. The number of fused-ring (bicyclic) bond motifs is 3. The van der Waals surface area contributed by atoms with Crippen LogP contribution in [0.1, 0.15) is 34.8 Å². The number of thiophene rings is 1. The first-order valence-corrected chi connectivity index (χ1v) is 12.3. The lowest BCUT2D eigenvalue weighted by Crippen LogP contribution is -2.64. The Morgan fingerprint density at radius 2 is 1.80 bits per heavy atom. The Balaban J connectivity index is 1.55. The van der Waals surface area contributed by atoms with Crippen molar-refractivity contribution in [2.24, 2.45) is 5.92 Å². The molecule has 156 valence electrons. The number of rotatable bonds is 6. The molecule has 2 aromatic carbocycles. The van der Waals surface area contributed by atoms with Gasteiger partial charge in [0.25, 0.3) is 0 Å². The van der Waals surface area contributed by atoms with Gasteiger partial charge in [-0.05, 0) is 66.6 Å². The molecule has 0 radical (unpaired) electrons. The molecule has 6 rings (SSSR count). The van der Waals surface area contributed by atoms with Crippen molar-refractivity contribution in [3.8, 4) is 0 Å². The molecular formula is C25H26Cl2N2S. The van der Waals surface area contributed by atoms with Crippen molar-refractivity contribution in [2.75, 3.05) is 13.1 Å². The molecule has 3 aromatic rings. The van der Waals surface area contributed by atoms with Gasteiger partial charge in [-0.15, -0.1) is 11.3 Å². The largest absolute Gasteiger partial charge is 0.307 e. The van der Waals surface area contributed by atoms with Gasteiger partial charge in [-0.3, -0.25) is 4.90 Å². The van der Waals surface area contributed by atoms with Crippen LogP contribution in [0.4, 0.5) is 0 Å². The van der Waals surface area contributed by atoms with Gasteiger partial charge < -0.3 is 5.32 Å². The van der Waals surface area contributed by atoms with E-state index in [1.165, 1.54) is 41.9 Å². The van der Waals surface area contributed by atoms with Gasteiger partial charge >= 0.3 is 0 Å². The zero-order chi connectivity index (χ0) is 20.5. The average Bonchev–Trinajstić information content (AvgIpc) is 3.29. The average molecular weight is 457 g/mol. The van der Waals surface area contributed by atoms with Gasteiger partial charge in [0, 0.05) is 39.5 Å². The summed E-state index contributed by atoms with van der Waals surface area (Å²) in [4.78, 5) is 4.08. The van der Waals surface area contributed by atoms with Gasteiger partial charge in [-0.1, -0.05) is 65.7 Å². The standard InChI is InChI=1S/C25H26Cl2N2S/c26-19-8-9-21(22(27)15-19)23(17-5-2-1-3-6-17)25-24(18-10-12-29(25)13-11-18)28-16-20-7-4-14-30-20/h1-9,14-15,18,23-25,28H,10-13,16H2. The monoisotopic (exact) mass is 456 g/mol. The molecular weight excluding hydrogens is 431 g/mol. The molecule has 4 heterocycles. The molecule has 0 aliphatic carbocycles. The van der Waals surface area contributed by atoms with Crippen LogP contribution in [0.5, 0.6) is 0 Å². The molecule has 2 bridgehead atoms. The zero-order valence-corrected chi connectivity index (χ0v) is 19.1. The molecule has 2 nitrogen and oxygen atoms in total. The third kappa shape index (κ3) is 4.06. The summed E-state index contributed by atoms with van der Waals surface area (Å²) in [6, 6.07) is 22.0. The smallest absolute Gasteiger partial charge is 0.0459 e. The Kier molecular flexibility index (Phi) is 6.17. The fraction of sp³-hybridized carbons (Fsp3) is 0.360. The van der Waals surface area contributed by atoms with Crippen molar-refractivity contribution in [1.29, 1.82) is 0 Å². The molecule has 1 N–H and O–H groups in total. The highest BCUT2D eigenvalue weighted by Gasteiger charge is 2.46. The minimum atomic E-state index is 0.208. The minimum Gasteiger partial charge on any atom is -0.307 e. The molecule has 0 spiro atoms.